The van der Waals surface area contributed by atoms with Crippen LogP contribution < -0.4 is 0 Å². The fraction of sp³-hybridized carbons (Fsp3) is 0.750. The maximum Gasteiger partial charge on any atom is 0.331 e. The molecule has 0 heterocycles. The molecule has 1 saturated carbocycles. The Labute approximate surface area is 121 Å². The summed E-state index contributed by atoms with van der Waals surface area (Å²) in [6.07, 6.45) is 6.26. The van der Waals surface area contributed by atoms with Crippen molar-refractivity contribution >= 4 is 11.9 Å². The summed E-state index contributed by atoms with van der Waals surface area (Å²) in [5, 5.41) is 8.50. The van der Waals surface area contributed by atoms with Gasteiger partial charge < -0.3 is 9.84 Å². The monoisotopic (exact) mass is 282 g/mol. The van der Waals surface area contributed by atoms with Gasteiger partial charge in [0.25, 0.3) is 0 Å². The van der Waals surface area contributed by atoms with E-state index >= 15 is 0 Å². The van der Waals surface area contributed by atoms with Gasteiger partial charge in [-0.05, 0) is 57.3 Å². The van der Waals surface area contributed by atoms with Crippen LogP contribution in [-0.2, 0) is 14.3 Å². The zero-order valence-corrected chi connectivity index (χ0v) is 12.9. The van der Waals surface area contributed by atoms with Gasteiger partial charge in [0.05, 0.1) is 0 Å². The fourth-order valence-corrected chi connectivity index (χ4v) is 3.00. The van der Waals surface area contributed by atoms with E-state index < -0.39 is 17.5 Å². The Balaban J connectivity index is 2.53. The van der Waals surface area contributed by atoms with Crippen molar-refractivity contribution in [2.24, 2.45) is 17.8 Å². The summed E-state index contributed by atoms with van der Waals surface area (Å²) in [6, 6.07) is 0. The van der Waals surface area contributed by atoms with Crippen molar-refractivity contribution in [2.45, 2.75) is 59.0 Å². The first-order valence-electron chi connectivity index (χ1n) is 7.36. The van der Waals surface area contributed by atoms with E-state index in [4.69, 9.17) is 9.84 Å². The number of hydrogen-bond donors (Lipinski definition) is 1. The summed E-state index contributed by atoms with van der Waals surface area (Å²) in [6.45, 7) is 8.35. The number of carbonyl (C=O) groups excluding carboxylic acids is 1. The zero-order chi connectivity index (χ0) is 15.3. The lowest BCUT2D eigenvalue weighted by Gasteiger charge is -2.39. The van der Waals surface area contributed by atoms with E-state index in [0.717, 1.165) is 30.9 Å². The van der Waals surface area contributed by atoms with Crippen LogP contribution >= 0.6 is 0 Å². The Bertz CT molecular complexity index is 374. The second kappa shape index (κ2) is 6.91. The van der Waals surface area contributed by atoms with Gasteiger partial charge in [0, 0.05) is 12.2 Å². The predicted octanol–water partition coefficient (Wildman–Crippen LogP) is 3.41. The maximum atomic E-state index is 11.6. The molecule has 0 aromatic heterocycles. The second-order valence-corrected chi connectivity index (χ2v) is 6.55. The van der Waals surface area contributed by atoms with Gasteiger partial charge in [-0.3, -0.25) is 0 Å². The number of rotatable bonds is 5. The third kappa shape index (κ3) is 4.99. The summed E-state index contributed by atoms with van der Waals surface area (Å²) in [5.41, 5.74) is -0.540. The van der Waals surface area contributed by atoms with Crippen molar-refractivity contribution < 1.29 is 19.4 Å². The largest absolute Gasteiger partial charge is 0.478 e. The van der Waals surface area contributed by atoms with E-state index in [2.05, 4.69) is 13.8 Å². The lowest BCUT2D eigenvalue weighted by molar-refractivity contribution is -0.157. The molecule has 4 heteroatoms. The third-order valence-electron chi connectivity index (χ3n) is 4.42. The average molecular weight is 282 g/mol. The predicted molar refractivity (Wildman–Crippen MR) is 77.2 cm³/mol. The first kappa shape index (κ1) is 16.7. The fourth-order valence-electron chi connectivity index (χ4n) is 3.00. The van der Waals surface area contributed by atoms with Crippen molar-refractivity contribution in [1.29, 1.82) is 0 Å². The molecule has 0 radical (unpaired) electrons. The standard InChI is InChI=1S/C16H26O4/c1-11(2)12-5-7-13(8-6-12)16(3,4)20-15(19)10-9-14(17)18/h9-13H,5-8H2,1-4H3,(H,17,18)/b10-9+. The molecule has 0 atom stereocenters. The molecule has 1 aliphatic rings. The highest BCUT2D eigenvalue weighted by molar-refractivity contribution is 5.90. The zero-order valence-electron chi connectivity index (χ0n) is 12.9. The Morgan fingerprint density at radius 2 is 1.70 bits per heavy atom. The molecule has 0 saturated heterocycles. The molecule has 114 valence electrons. The Morgan fingerprint density at radius 1 is 1.15 bits per heavy atom. The highest BCUT2D eigenvalue weighted by Gasteiger charge is 2.36. The molecule has 0 amide bonds. The number of carboxylic acid groups (broad SMARTS) is 1. The number of carbonyl (C=O) groups is 2. The van der Waals surface area contributed by atoms with Crippen LogP contribution in [0.4, 0.5) is 0 Å². The number of carboxylic acids is 1. The van der Waals surface area contributed by atoms with Crippen molar-refractivity contribution in [1.82, 2.24) is 0 Å². The van der Waals surface area contributed by atoms with E-state index in [0.29, 0.717) is 11.8 Å². The molecule has 1 aliphatic carbocycles. The molecule has 1 fully saturated rings. The van der Waals surface area contributed by atoms with Gasteiger partial charge in [0.1, 0.15) is 5.60 Å². The van der Waals surface area contributed by atoms with Crippen LogP contribution in [0, 0.1) is 17.8 Å². The molecule has 0 bridgehead atoms. The number of esters is 1. The van der Waals surface area contributed by atoms with Crippen LogP contribution in [0.25, 0.3) is 0 Å². The first-order chi connectivity index (χ1) is 9.22. The minimum Gasteiger partial charge on any atom is -0.478 e. The smallest absolute Gasteiger partial charge is 0.331 e. The SMILES string of the molecule is CC(C)C1CCC(C(C)(C)OC(=O)/C=C/C(=O)O)CC1. The number of ether oxygens (including phenoxy) is 1. The quantitative estimate of drug-likeness (QED) is 0.620. The van der Waals surface area contributed by atoms with Gasteiger partial charge >= 0.3 is 11.9 Å². The molecule has 0 spiro atoms. The molecular formula is C16H26O4. The van der Waals surface area contributed by atoms with Gasteiger partial charge in [0.2, 0.25) is 0 Å². The molecule has 0 aromatic carbocycles. The minimum absolute atomic E-state index is 0.347. The molecule has 0 aliphatic heterocycles. The van der Waals surface area contributed by atoms with Crippen LogP contribution in [0.2, 0.25) is 0 Å². The van der Waals surface area contributed by atoms with Crippen LogP contribution in [0.3, 0.4) is 0 Å². The van der Waals surface area contributed by atoms with Gasteiger partial charge in [-0.2, -0.15) is 0 Å². The molecule has 20 heavy (non-hydrogen) atoms. The molecular weight excluding hydrogens is 256 g/mol. The average Bonchev–Trinajstić information content (AvgIpc) is 2.36. The number of hydrogen-bond acceptors (Lipinski definition) is 3. The Morgan fingerprint density at radius 3 is 2.15 bits per heavy atom. The lowest BCUT2D eigenvalue weighted by atomic mass is 9.72. The van der Waals surface area contributed by atoms with Crippen molar-refractivity contribution in [3.8, 4) is 0 Å². The first-order valence-corrected chi connectivity index (χ1v) is 7.36. The van der Waals surface area contributed by atoms with Crippen LogP contribution in [0.5, 0.6) is 0 Å². The van der Waals surface area contributed by atoms with Crippen molar-refractivity contribution in [2.75, 3.05) is 0 Å². The van der Waals surface area contributed by atoms with Crippen LogP contribution in [0.1, 0.15) is 53.4 Å². The van der Waals surface area contributed by atoms with Gasteiger partial charge in [-0.25, -0.2) is 9.59 Å². The molecule has 1 rings (SSSR count). The summed E-state index contributed by atoms with van der Waals surface area (Å²) >= 11 is 0. The minimum atomic E-state index is -1.14. The van der Waals surface area contributed by atoms with E-state index in [1.54, 1.807) is 0 Å². The van der Waals surface area contributed by atoms with Crippen LogP contribution in [-0.4, -0.2) is 22.6 Å². The van der Waals surface area contributed by atoms with Gasteiger partial charge in [-0.15, -0.1) is 0 Å². The lowest BCUT2D eigenvalue weighted by Crippen LogP contribution is -2.39. The molecule has 0 aromatic rings. The number of aliphatic carboxylic acids is 1. The van der Waals surface area contributed by atoms with Gasteiger partial charge in [0.15, 0.2) is 0 Å². The highest BCUT2D eigenvalue weighted by atomic mass is 16.6. The highest BCUT2D eigenvalue weighted by Crippen LogP contribution is 2.39. The van der Waals surface area contributed by atoms with E-state index in [9.17, 15) is 9.59 Å². The molecule has 4 nitrogen and oxygen atoms in total. The summed E-state index contributed by atoms with van der Waals surface area (Å²) < 4.78 is 5.43. The topological polar surface area (TPSA) is 63.6 Å². The Kier molecular flexibility index (Phi) is 5.78. The van der Waals surface area contributed by atoms with E-state index in [1.165, 1.54) is 12.8 Å². The molecule has 1 N–H and O–H groups in total. The van der Waals surface area contributed by atoms with Crippen molar-refractivity contribution in [3.05, 3.63) is 12.2 Å². The third-order valence-corrected chi connectivity index (χ3v) is 4.42. The van der Waals surface area contributed by atoms with E-state index in [-0.39, 0.29) is 0 Å². The maximum absolute atomic E-state index is 11.6. The van der Waals surface area contributed by atoms with Crippen molar-refractivity contribution in [3.63, 3.8) is 0 Å². The Hall–Kier alpha value is -1.32. The normalized spacial score (nSPS) is 24.1. The summed E-state index contributed by atoms with van der Waals surface area (Å²) in [5.74, 6) is 0.102. The molecule has 0 unspecified atom stereocenters. The van der Waals surface area contributed by atoms with Gasteiger partial charge in [-0.1, -0.05) is 13.8 Å². The van der Waals surface area contributed by atoms with Crippen LogP contribution in [0.15, 0.2) is 12.2 Å². The van der Waals surface area contributed by atoms with E-state index in [1.807, 2.05) is 13.8 Å². The summed E-state index contributed by atoms with van der Waals surface area (Å²) in [4.78, 5) is 22.0. The summed E-state index contributed by atoms with van der Waals surface area (Å²) in [7, 11) is 0. The second-order valence-electron chi connectivity index (χ2n) is 6.55.